The lowest BCUT2D eigenvalue weighted by atomic mass is 10.0. The zero-order chi connectivity index (χ0) is 19.6. The average molecular weight is 407 g/mol. The summed E-state index contributed by atoms with van der Waals surface area (Å²) in [6, 6.07) is 12.3. The lowest BCUT2D eigenvalue weighted by Gasteiger charge is -2.33. The number of pyridine rings is 1. The van der Waals surface area contributed by atoms with Crippen molar-refractivity contribution in [3.05, 3.63) is 58.7 Å². The number of thiophene rings is 1. The molecule has 0 unspecified atom stereocenters. The van der Waals surface area contributed by atoms with Gasteiger partial charge in [0, 0.05) is 22.9 Å². The zero-order valence-electron chi connectivity index (χ0n) is 16.2. The second-order valence-electron chi connectivity index (χ2n) is 7.30. The van der Waals surface area contributed by atoms with Gasteiger partial charge in [-0.15, -0.1) is 10.2 Å². The molecule has 148 valence electrons. The molecule has 1 aromatic carbocycles. The molecule has 6 nitrogen and oxygen atoms in total. The van der Waals surface area contributed by atoms with Crippen LogP contribution in [-0.4, -0.2) is 33.7 Å². The van der Waals surface area contributed by atoms with Crippen LogP contribution in [0.15, 0.2) is 51.6 Å². The molecule has 4 heterocycles. The first-order valence-electron chi connectivity index (χ1n) is 9.84. The Bertz CT molecular complexity index is 1110. The first-order valence-corrected chi connectivity index (χ1v) is 10.8. The van der Waals surface area contributed by atoms with E-state index in [-0.39, 0.29) is 6.04 Å². The first kappa shape index (κ1) is 18.3. The van der Waals surface area contributed by atoms with E-state index in [0.29, 0.717) is 11.8 Å². The van der Waals surface area contributed by atoms with Crippen molar-refractivity contribution >= 4 is 22.2 Å². The van der Waals surface area contributed by atoms with E-state index in [1.165, 1.54) is 12.8 Å². The monoisotopic (exact) mass is 406 g/mol. The van der Waals surface area contributed by atoms with Crippen LogP contribution in [-0.2, 0) is 6.54 Å². The fourth-order valence-corrected chi connectivity index (χ4v) is 4.53. The van der Waals surface area contributed by atoms with Gasteiger partial charge in [-0.1, -0.05) is 12.5 Å². The molecule has 1 aliphatic rings. The topological polar surface area (TPSA) is 64.3 Å². The Labute approximate surface area is 173 Å². The van der Waals surface area contributed by atoms with Crippen LogP contribution >= 0.6 is 11.3 Å². The molecule has 1 fully saturated rings. The standard InChI is InChI=1S/C22H22N4O2S/c1-27-18-7-8-19-15(12-18)5-6-17(23-19)13-26-10-3-2-4-20(26)22-25-24-21(28-22)16-9-11-29-14-16/h5-9,11-12,14,20H,2-4,10,13H2,1H3/t20-/m1/s1. The minimum absolute atomic E-state index is 0.136. The van der Waals surface area contributed by atoms with Crippen molar-refractivity contribution in [2.24, 2.45) is 0 Å². The van der Waals surface area contributed by atoms with Crippen LogP contribution in [0.3, 0.4) is 0 Å². The predicted molar refractivity (Wildman–Crippen MR) is 113 cm³/mol. The molecule has 7 heteroatoms. The molecule has 1 atom stereocenters. The van der Waals surface area contributed by atoms with E-state index in [1.807, 2.05) is 35.0 Å². The molecule has 0 spiro atoms. The number of fused-ring (bicyclic) bond motifs is 1. The number of ether oxygens (including phenoxy) is 1. The fourth-order valence-electron chi connectivity index (χ4n) is 3.90. The highest BCUT2D eigenvalue weighted by atomic mass is 32.1. The van der Waals surface area contributed by atoms with E-state index in [2.05, 4.69) is 27.2 Å². The maximum absolute atomic E-state index is 6.04. The van der Waals surface area contributed by atoms with Gasteiger partial charge in [-0.05, 0) is 55.1 Å². The number of hydrogen-bond donors (Lipinski definition) is 0. The average Bonchev–Trinajstić information content (AvgIpc) is 3.46. The summed E-state index contributed by atoms with van der Waals surface area (Å²) < 4.78 is 11.3. The lowest BCUT2D eigenvalue weighted by Crippen LogP contribution is -2.33. The molecule has 0 amide bonds. The number of likely N-dealkylation sites (tertiary alicyclic amines) is 1. The quantitative estimate of drug-likeness (QED) is 0.460. The van der Waals surface area contributed by atoms with Gasteiger partial charge in [-0.3, -0.25) is 9.88 Å². The van der Waals surface area contributed by atoms with Gasteiger partial charge >= 0.3 is 0 Å². The Kier molecular flexibility index (Phi) is 4.99. The number of methoxy groups -OCH3 is 1. The Morgan fingerprint density at radius 2 is 2.14 bits per heavy atom. The van der Waals surface area contributed by atoms with Crippen molar-refractivity contribution in [3.8, 4) is 17.2 Å². The number of nitrogens with zero attached hydrogens (tertiary/aromatic N) is 4. The van der Waals surface area contributed by atoms with Crippen LogP contribution in [0, 0.1) is 0 Å². The maximum atomic E-state index is 6.04. The predicted octanol–water partition coefficient (Wildman–Crippen LogP) is 5.08. The van der Waals surface area contributed by atoms with Crippen LogP contribution in [0.25, 0.3) is 22.4 Å². The number of hydrogen-bond acceptors (Lipinski definition) is 7. The van der Waals surface area contributed by atoms with E-state index in [9.17, 15) is 0 Å². The third-order valence-corrected chi connectivity index (χ3v) is 6.11. The SMILES string of the molecule is COc1ccc2nc(CN3CCCC[C@@H]3c3nnc(-c4ccsc4)o3)ccc2c1. The second-order valence-corrected chi connectivity index (χ2v) is 8.08. The van der Waals surface area contributed by atoms with E-state index in [4.69, 9.17) is 14.1 Å². The van der Waals surface area contributed by atoms with Crippen LogP contribution < -0.4 is 4.74 Å². The number of rotatable bonds is 5. The minimum Gasteiger partial charge on any atom is -0.497 e. The summed E-state index contributed by atoms with van der Waals surface area (Å²) in [5.74, 6) is 2.15. The summed E-state index contributed by atoms with van der Waals surface area (Å²) in [6.45, 7) is 1.77. The van der Waals surface area contributed by atoms with Crippen molar-refractivity contribution < 1.29 is 9.15 Å². The van der Waals surface area contributed by atoms with E-state index in [0.717, 1.165) is 47.4 Å². The number of aromatic nitrogens is 3. The zero-order valence-corrected chi connectivity index (χ0v) is 17.1. The van der Waals surface area contributed by atoms with Gasteiger partial charge in [0.05, 0.1) is 24.4 Å². The Morgan fingerprint density at radius 3 is 3.00 bits per heavy atom. The van der Waals surface area contributed by atoms with Gasteiger partial charge in [-0.25, -0.2) is 0 Å². The summed E-state index contributed by atoms with van der Waals surface area (Å²) >= 11 is 1.63. The minimum atomic E-state index is 0.136. The van der Waals surface area contributed by atoms with Gasteiger partial charge in [-0.2, -0.15) is 11.3 Å². The van der Waals surface area contributed by atoms with Crippen LogP contribution in [0.2, 0.25) is 0 Å². The van der Waals surface area contributed by atoms with Crippen molar-refractivity contribution in [1.82, 2.24) is 20.1 Å². The lowest BCUT2D eigenvalue weighted by molar-refractivity contribution is 0.117. The molecule has 4 aromatic rings. The molecule has 0 N–H and O–H groups in total. The van der Waals surface area contributed by atoms with Gasteiger partial charge in [0.25, 0.3) is 0 Å². The molecule has 1 aliphatic heterocycles. The third kappa shape index (κ3) is 3.75. The smallest absolute Gasteiger partial charge is 0.248 e. The van der Waals surface area contributed by atoms with Gasteiger partial charge < -0.3 is 9.15 Å². The van der Waals surface area contributed by atoms with E-state index >= 15 is 0 Å². The molecule has 0 aliphatic carbocycles. The molecular weight excluding hydrogens is 384 g/mol. The Balaban J connectivity index is 1.38. The van der Waals surface area contributed by atoms with E-state index in [1.54, 1.807) is 18.4 Å². The van der Waals surface area contributed by atoms with Crippen molar-refractivity contribution in [2.75, 3.05) is 13.7 Å². The number of piperidine rings is 1. The summed E-state index contributed by atoms with van der Waals surface area (Å²) in [4.78, 5) is 7.27. The molecule has 0 saturated carbocycles. The normalized spacial score (nSPS) is 17.6. The molecule has 0 bridgehead atoms. The molecule has 5 rings (SSSR count). The van der Waals surface area contributed by atoms with Crippen molar-refractivity contribution in [3.63, 3.8) is 0 Å². The molecule has 0 radical (unpaired) electrons. The number of benzene rings is 1. The maximum Gasteiger partial charge on any atom is 0.248 e. The molecule has 1 saturated heterocycles. The van der Waals surface area contributed by atoms with E-state index < -0.39 is 0 Å². The fraction of sp³-hybridized carbons (Fsp3) is 0.318. The molecule has 3 aromatic heterocycles. The Morgan fingerprint density at radius 1 is 1.17 bits per heavy atom. The highest BCUT2D eigenvalue weighted by molar-refractivity contribution is 7.08. The Hall–Kier alpha value is -2.77. The van der Waals surface area contributed by atoms with Crippen LogP contribution in [0.1, 0.15) is 36.9 Å². The summed E-state index contributed by atoms with van der Waals surface area (Å²) in [6.07, 6.45) is 3.37. The van der Waals surface area contributed by atoms with Crippen molar-refractivity contribution in [2.45, 2.75) is 31.8 Å². The highest BCUT2D eigenvalue weighted by Crippen LogP contribution is 2.33. The second kappa shape index (κ2) is 7.93. The molecule has 29 heavy (non-hydrogen) atoms. The van der Waals surface area contributed by atoms with Gasteiger partial charge in [0.15, 0.2) is 0 Å². The highest BCUT2D eigenvalue weighted by Gasteiger charge is 2.29. The summed E-state index contributed by atoms with van der Waals surface area (Å²) in [5, 5.41) is 13.8. The largest absolute Gasteiger partial charge is 0.497 e. The van der Waals surface area contributed by atoms with Crippen LogP contribution in [0.4, 0.5) is 0 Å². The summed E-state index contributed by atoms with van der Waals surface area (Å²) in [5.41, 5.74) is 3.02. The van der Waals surface area contributed by atoms with Crippen LogP contribution in [0.5, 0.6) is 5.75 Å². The van der Waals surface area contributed by atoms with Gasteiger partial charge in [0.1, 0.15) is 5.75 Å². The summed E-state index contributed by atoms with van der Waals surface area (Å²) in [7, 11) is 1.68. The molecular formula is C22H22N4O2S. The van der Waals surface area contributed by atoms with Gasteiger partial charge in [0.2, 0.25) is 11.8 Å². The first-order chi connectivity index (χ1) is 14.3. The van der Waals surface area contributed by atoms with Crippen molar-refractivity contribution in [1.29, 1.82) is 0 Å². The third-order valence-electron chi connectivity index (χ3n) is 5.43.